The number of rotatable bonds is 3. The molecule has 1 nitrogen and oxygen atoms in total. The zero-order chi connectivity index (χ0) is 11.2. The molecule has 1 aliphatic rings. The molecule has 0 N–H and O–H groups in total. The summed E-state index contributed by atoms with van der Waals surface area (Å²) in [6, 6.07) is 9.06. The molecule has 1 heteroatoms. The van der Waals surface area contributed by atoms with Crippen molar-refractivity contribution < 1.29 is 0 Å². The number of hydrogen-bond donors (Lipinski definition) is 0. The van der Waals surface area contributed by atoms with Crippen molar-refractivity contribution in [1.29, 1.82) is 0 Å². The highest BCUT2D eigenvalue weighted by Crippen LogP contribution is 2.10. The van der Waals surface area contributed by atoms with Gasteiger partial charge in [-0.25, -0.2) is 0 Å². The van der Waals surface area contributed by atoms with E-state index < -0.39 is 0 Å². The molecule has 0 aliphatic carbocycles. The molecule has 0 aromatic heterocycles. The summed E-state index contributed by atoms with van der Waals surface area (Å²) in [6.07, 6.45) is 8.15. The van der Waals surface area contributed by atoms with Crippen LogP contribution in [0.5, 0.6) is 0 Å². The maximum absolute atomic E-state index is 2.54. The Morgan fingerprint density at radius 3 is 2.06 bits per heavy atom. The fourth-order valence-electron chi connectivity index (χ4n) is 2.16. The zero-order valence-corrected chi connectivity index (χ0v) is 10.2. The molecule has 2 rings (SSSR count). The molecular formula is C15H21N. The van der Waals surface area contributed by atoms with Crippen LogP contribution < -0.4 is 0 Å². The van der Waals surface area contributed by atoms with Gasteiger partial charge >= 0.3 is 0 Å². The van der Waals surface area contributed by atoms with Gasteiger partial charge in [0.05, 0.1) is 0 Å². The van der Waals surface area contributed by atoms with Crippen molar-refractivity contribution in [3.63, 3.8) is 0 Å². The van der Waals surface area contributed by atoms with Gasteiger partial charge in [-0.15, -0.1) is 0 Å². The van der Waals surface area contributed by atoms with Gasteiger partial charge in [0.25, 0.3) is 0 Å². The third-order valence-electron chi connectivity index (χ3n) is 3.23. The highest BCUT2D eigenvalue weighted by Gasteiger charge is 2.06. The van der Waals surface area contributed by atoms with Gasteiger partial charge in [0, 0.05) is 19.6 Å². The summed E-state index contributed by atoms with van der Waals surface area (Å²) >= 11 is 0. The van der Waals surface area contributed by atoms with Gasteiger partial charge in [-0.1, -0.05) is 43.3 Å². The van der Waals surface area contributed by atoms with Crippen molar-refractivity contribution in [1.82, 2.24) is 4.90 Å². The second kappa shape index (κ2) is 5.86. The van der Waals surface area contributed by atoms with Gasteiger partial charge in [-0.3, -0.25) is 4.90 Å². The lowest BCUT2D eigenvalue weighted by Crippen LogP contribution is -2.24. The van der Waals surface area contributed by atoms with E-state index in [-0.39, 0.29) is 0 Å². The summed E-state index contributed by atoms with van der Waals surface area (Å²) in [5.41, 5.74) is 2.88. The fourth-order valence-corrected chi connectivity index (χ4v) is 2.16. The van der Waals surface area contributed by atoms with E-state index in [1.165, 1.54) is 37.1 Å². The van der Waals surface area contributed by atoms with E-state index in [0.717, 1.165) is 13.0 Å². The molecule has 0 unspecified atom stereocenters. The smallest absolute Gasteiger partial charge is 0.0233 e. The SMILES string of the molecule is CCc1ccc(CN2CCC=CCC2)cc1. The molecule has 1 aromatic rings. The first-order valence-electron chi connectivity index (χ1n) is 6.33. The summed E-state index contributed by atoms with van der Waals surface area (Å²) in [5.74, 6) is 0. The molecule has 0 saturated heterocycles. The molecule has 0 spiro atoms. The number of hydrogen-bond acceptors (Lipinski definition) is 1. The Hall–Kier alpha value is -1.08. The summed E-state index contributed by atoms with van der Waals surface area (Å²) in [6.45, 7) is 5.71. The molecule has 1 heterocycles. The van der Waals surface area contributed by atoms with Crippen molar-refractivity contribution >= 4 is 0 Å². The van der Waals surface area contributed by atoms with Gasteiger partial charge in [-0.05, 0) is 30.4 Å². The first-order valence-corrected chi connectivity index (χ1v) is 6.33. The van der Waals surface area contributed by atoms with Crippen molar-refractivity contribution in [2.24, 2.45) is 0 Å². The zero-order valence-electron chi connectivity index (χ0n) is 10.2. The monoisotopic (exact) mass is 215 g/mol. The van der Waals surface area contributed by atoms with Crippen molar-refractivity contribution in [2.45, 2.75) is 32.7 Å². The third-order valence-corrected chi connectivity index (χ3v) is 3.23. The molecule has 86 valence electrons. The van der Waals surface area contributed by atoms with Crippen LogP contribution in [0.15, 0.2) is 36.4 Å². The van der Waals surface area contributed by atoms with Crippen LogP contribution in [0.1, 0.15) is 30.9 Å². The number of aryl methyl sites for hydroxylation is 1. The van der Waals surface area contributed by atoms with Crippen LogP contribution in [0.2, 0.25) is 0 Å². The van der Waals surface area contributed by atoms with Gasteiger partial charge in [0.15, 0.2) is 0 Å². The van der Waals surface area contributed by atoms with Crippen LogP contribution in [-0.2, 0) is 13.0 Å². The lowest BCUT2D eigenvalue weighted by Gasteiger charge is -2.19. The predicted molar refractivity (Wildman–Crippen MR) is 69.5 cm³/mol. The minimum Gasteiger partial charge on any atom is -0.298 e. The number of benzene rings is 1. The molecule has 0 radical (unpaired) electrons. The molecule has 0 atom stereocenters. The summed E-state index contributed by atoms with van der Waals surface area (Å²) in [4.78, 5) is 2.54. The van der Waals surface area contributed by atoms with Crippen LogP contribution in [0.3, 0.4) is 0 Å². The van der Waals surface area contributed by atoms with Gasteiger partial charge in [0.1, 0.15) is 0 Å². The lowest BCUT2D eigenvalue weighted by atomic mass is 10.1. The first-order chi connectivity index (χ1) is 7.88. The Balaban J connectivity index is 1.92. The first kappa shape index (κ1) is 11.4. The summed E-state index contributed by atoms with van der Waals surface area (Å²) in [7, 11) is 0. The van der Waals surface area contributed by atoms with Gasteiger partial charge in [0.2, 0.25) is 0 Å². The highest BCUT2D eigenvalue weighted by molar-refractivity contribution is 5.22. The topological polar surface area (TPSA) is 3.24 Å². The molecule has 16 heavy (non-hydrogen) atoms. The quantitative estimate of drug-likeness (QED) is 0.698. The highest BCUT2D eigenvalue weighted by atomic mass is 15.1. The van der Waals surface area contributed by atoms with Crippen molar-refractivity contribution in [3.05, 3.63) is 47.5 Å². The largest absolute Gasteiger partial charge is 0.298 e. The Morgan fingerprint density at radius 2 is 1.50 bits per heavy atom. The average Bonchev–Trinajstić information content (AvgIpc) is 2.59. The second-order valence-electron chi connectivity index (χ2n) is 4.49. The van der Waals surface area contributed by atoms with E-state index in [1.807, 2.05) is 0 Å². The van der Waals surface area contributed by atoms with E-state index in [2.05, 4.69) is 48.2 Å². The van der Waals surface area contributed by atoms with E-state index >= 15 is 0 Å². The van der Waals surface area contributed by atoms with Crippen LogP contribution in [-0.4, -0.2) is 18.0 Å². The molecule has 0 amide bonds. The van der Waals surface area contributed by atoms with E-state index in [4.69, 9.17) is 0 Å². The predicted octanol–water partition coefficient (Wildman–Crippen LogP) is 3.40. The third kappa shape index (κ3) is 3.21. The second-order valence-corrected chi connectivity index (χ2v) is 4.49. The lowest BCUT2D eigenvalue weighted by molar-refractivity contribution is 0.281. The average molecular weight is 215 g/mol. The minimum absolute atomic E-state index is 1.10. The van der Waals surface area contributed by atoms with Crippen LogP contribution in [0.4, 0.5) is 0 Å². The van der Waals surface area contributed by atoms with E-state index in [1.54, 1.807) is 0 Å². The van der Waals surface area contributed by atoms with Gasteiger partial charge in [-0.2, -0.15) is 0 Å². The Bertz CT molecular complexity index is 327. The minimum atomic E-state index is 1.10. The van der Waals surface area contributed by atoms with Crippen molar-refractivity contribution in [3.8, 4) is 0 Å². The number of nitrogens with zero attached hydrogens (tertiary/aromatic N) is 1. The molecule has 1 aromatic carbocycles. The Labute approximate surface area is 98.8 Å². The van der Waals surface area contributed by atoms with Crippen LogP contribution >= 0.6 is 0 Å². The molecule has 0 bridgehead atoms. The fraction of sp³-hybridized carbons (Fsp3) is 0.467. The normalized spacial score (nSPS) is 17.3. The molecule has 0 fully saturated rings. The van der Waals surface area contributed by atoms with Crippen LogP contribution in [0.25, 0.3) is 0 Å². The molecule has 0 saturated carbocycles. The standard InChI is InChI=1S/C15H21N/c1-2-14-7-9-15(10-8-14)13-16-11-5-3-4-6-12-16/h3-4,7-10H,2,5-6,11-13H2,1H3. The Kier molecular flexibility index (Phi) is 4.17. The van der Waals surface area contributed by atoms with E-state index in [0.29, 0.717) is 0 Å². The maximum atomic E-state index is 2.54. The van der Waals surface area contributed by atoms with Gasteiger partial charge < -0.3 is 0 Å². The molecule has 1 aliphatic heterocycles. The molecular weight excluding hydrogens is 194 g/mol. The summed E-state index contributed by atoms with van der Waals surface area (Å²) in [5, 5.41) is 0. The Morgan fingerprint density at radius 1 is 0.938 bits per heavy atom. The van der Waals surface area contributed by atoms with E-state index in [9.17, 15) is 0 Å². The summed E-state index contributed by atoms with van der Waals surface area (Å²) < 4.78 is 0. The van der Waals surface area contributed by atoms with Crippen molar-refractivity contribution in [2.75, 3.05) is 13.1 Å². The van der Waals surface area contributed by atoms with Crippen LogP contribution in [0, 0.1) is 0 Å². The maximum Gasteiger partial charge on any atom is 0.0233 e.